The molecule has 0 aliphatic carbocycles. The Kier molecular flexibility index (Phi) is 4.27. The molecule has 2 aromatic rings. The van der Waals surface area contributed by atoms with E-state index in [-0.39, 0.29) is 0 Å². The number of hydrogen-bond donors (Lipinski definition) is 1. The van der Waals surface area contributed by atoms with E-state index in [1.807, 2.05) is 25.2 Å². The highest BCUT2D eigenvalue weighted by atomic mass is 35.5. The number of benzene rings is 1. The van der Waals surface area contributed by atoms with Crippen molar-refractivity contribution in [3.8, 4) is 11.4 Å². The lowest BCUT2D eigenvalue weighted by atomic mass is 10.1. The fraction of sp³-hybridized carbons (Fsp3) is 0.286. The summed E-state index contributed by atoms with van der Waals surface area (Å²) in [6.45, 7) is 4.18. The van der Waals surface area contributed by atoms with Gasteiger partial charge in [0.1, 0.15) is 5.82 Å². The van der Waals surface area contributed by atoms with Crippen LogP contribution in [0.2, 0.25) is 10.0 Å². The zero-order valence-corrected chi connectivity index (χ0v) is 12.5. The average Bonchev–Trinajstić information content (AvgIpc) is 2.41. The third-order valence-electron chi connectivity index (χ3n) is 2.79. The van der Waals surface area contributed by atoms with Gasteiger partial charge in [0, 0.05) is 24.4 Å². The van der Waals surface area contributed by atoms with Crippen molar-refractivity contribution < 1.29 is 0 Å². The Morgan fingerprint density at radius 1 is 1.16 bits per heavy atom. The smallest absolute Gasteiger partial charge is 0.163 e. The molecular formula is C14H15Cl2N3. The van der Waals surface area contributed by atoms with Crippen LogP contribution in [0.25, 0.3) is 11.4 Å². The number of nitrogens with zero attached hydrogens (tertiary/aromatic N) is 2. The number of aromatic nitrogens is 2. The van der Waals surface area contributed by atoms with Crippen LogP contribution >= 0.6 is 23.2 Å². The summed E-state index contributed by atoms with van der Waals surface area (Å²) in [6.07, 6.45) is 0. The van der Waals surface area contributed by atoms with Gasteiger partial charge in [-0.25, -0.2) is 9.97 Å². The molecule has 0 aliphatic heterocycles. The van der Waals surface area contributed by atoms with Crippen LogP contribution < -0.4 is 5.32 Å². The zero-order valence-electron chi connectivity index (χ0n) is 11.0. The van der Waals surface area contributed by atoms with Crippen LogP contribution in [0.15, 0.2) is 24.3 Å². The zero-order chi connectivity index (χ0) is 14.0. The number of halogens is 2. The fourth-order valence-electron chi connectivity index (χ4n) is 1.69. The normalized spacial score (nSPS) is 10.8. The second kappa shape index (κ2) is 5.76. The summed E-state index contributed by atoms with van der Waals surface area (Å²) in [6, 6.07) is 7.40. The van der Waals surface area contributed by atoms with Gasteiger partial charge in [0.25, 0.3) is 0 Å². The summed E-state index contributed by atoms with van der Waals surface area (Å²) in [7, 11) is 1.83. The summed E-state index contributed by atoms with van der Waals surface area (Å²) in [4.78, 5) is 9.00. The number of rotatable bonds is 3. The molecule has 0 atom stereocenters. The van der Waals surface area contributed by atoms with Gasteiger partial charge in [-0.05, 0) is 18.1 Å². The summed E-state index contributed by atoms with van der Waals surface area (Å²) >= 11 is 12.3. The highest BCUT2D eigenvalue weighted by Gasteiger charge is 2.13. The average molecular weight is 296 g/mol. The van der Waals surface area contributed by atoms with Gasteiger partial charge in [0.15, 0.2) is 5.82 Å². The molecule has 0 saturated carbocycles. The van der Waals surface area contributed by atoms with Crippen LogP contribution in [0, 0.1) is 0 Å². The molecule has 0 bridgehead atoms. The van der Waals surface area contributed by atoms with Gasteiger partial charge in [0.05, 0.1) is 10.0 Å². The molecule has 1 aromatic carbocycles. The molecule has 1 aromatic heterocycles. The second-order valence-corrected chi connectivity index (χ2v) is 5.29. The van der Waals surface area contributed by atoms with E-state index < -0.39 is 0 Å². The van der Waals surface area contributed by atoms with Crippen molar-refractivity contribution in [2.45, 2.75) is 19.8 Å². The summed E-state index contributed by atoms with van der Waals surface area (Å²) in [5, 5.41) is 4.02. The van der Waals surface area contributed by atoms with E-state index in [9.17, 15) is 0 Å². The molecule has 19 heavy (non-hydrogen) atoms. The van der Waals surface area contributed by atoms with Crippen LogP contribution in [0.5, 0.6) is 0 Å². The Labute approximate surface area is 123 Å². The van der Waals surface area contributed by atoms with Crippen LogP contribution in [-0.2, 0) is 0 Å². The fourth-order valence-corrected chi connectivity index (χ4v) is 2.07. The molecule has 0 radical (unpaired) electrons. The first-order valence-electron chi connectivity index (χ1n) is 6.04. The maximum atomic E-state index is 6.22. The van der Waals surface area contributed by atoms with Gasteiger partial charge in [-0.2, -0.15) is 0 Å². The Balaban J connectivity index is 2.61. The Morgan fingerprint density at radius 2 is 1.89 bits per heavy atom. The second-order valence-electron chi connectivity index (χ2n) is 4.51. The summed E-state index contributed by atoms with van der Waals surface area (Å²) in [5.74, 6) is 1.67. The van der Waals surface area contributed by atoms with E-state index in [0.29, 0.717) is 21.8 Å². The molecule has 0 fully saturated rings. The van der Waals surface area contributed by atoms with Crippen molar-refractivity contribution in [2.75, 3.05) is 12.4 Å². The van der Waals surface area contributed by atoms with E-state index in [4.69, 9.17) is 23.2 Å². The minimum atomic E-state index is 0.312. The SMILES string of the molecule is CNc1cc(C(C)C)nc(-c2cccc(Cl)c2Cl)n1. The largest absolute Gasteiger partial charge is 0.373 e. The van der Waals surface area contributed by atoms with Crippen LogP contribution in [0.1, 0.15) is 25.5 Å². The molecule has 5 heteroatoms. The van der Waals surface area contributed by atoms with E-state index in [1.54, 1.807) is 6.07 Å². The van der Waals surface area contributed by atoms with Crippen molar-refractivity contribution in [3.63, 3.8) is 0 Å². The van der Waals surface area contributed by atoms with Crippen molar-refractivity contribution >= 4 is 29.0 Å². The number of anilines is 1. The van der Waals surface area contributed by atoms with Gasteiger partial charge < -0.3 is 5.32 Å². The minimum Gasteiger partial charge on any atom is -0.373 e. The quantitative estimate of drug-likeness (QED) is 0.898. The van der Waals surface area contributed by atoms with Gasteiger partial charge in [0.2, 0.25) is 0 Å². The predicted octanol–water partition coefficient (Wildman–Crippen LogP) is 4.62. The summed E-state index contributed by atoms with van der Waals surface area (Å²) < 4.78 is 0. The number of hydrogen-bond acceptors (Lipinski definition) is 3. The maximum absolute atomic E-state index is 6.22. The van der Waals surface area contributed by atoms with Crippen molar-refractivity contribution in [2.24, 2.45) is 0 Å². The van der Waals surface area contributed by atoms with Crippen LogP contribution in [-0.4, -0.2) is 17.0 Å². The van der Waals surface area contributed by atoms with Gasteiger partial charge in [-0.15, -0.1) is 0 Å². The topological polar surface area (TPSA) is 37.8 Å². The van der Waals surface area contributed by atoms with Crippen LogP contribution in [0.4, 0.5) is 5.82 Å². The van der Waals surface area contributed by atoms with E-state index in [1.165, 1.54) is 0 Å². The molecule has 0 saturated heterocycles. The first-order chi connectivity index (χ1) is 9.02. The first kappa shape index (κ1) is 14.1. The lowest BCUT2D eigenvalue weighted by Crippen LogP contribution is -2.02. The molecule has 0 amide bonds. The highest BCUT2D eigenvalue weighted by molar-refractivity contribution is 6.43. The standard InChI is InChI=1S/C14H15Cl2N3/c1-8(2)11-7-12(17-3)19-14(18-11)9-5-4-6-10(15)13(9)16/h4-8H,1-3H3,(H,17,18,19). The molecule has 2 rings (SSSR count). The van der Waals surface area contributed by atoms with Gasteiger partial charge in [-0.3, -0.25) is 0 Å². The molecule has 3 nitrogen and oxygen atoms in total. The van der Waals surface area contributed by atoms with E-state index in [0.717, 1.165) is 17.1 Å². The lowest BCUT2D eigenvalue weighted by Gasteiger charge is -2.11. The van der Waals surface area contributed by atoms with Crippen molar-refractivity contribution in [3.05, 3.63) is 40.0 Å². The number of nitrogens with one attached hydrogen (secondary N) is 1. The third kappa shape index (κ3) is 2.99. The monoisotopic (exact) mass is 295 g/mol. The summed E-state index contributed by atoms with van der Waals surface area (Å²) in [5.41, 5.74) is 1.71. The highest BCUT2D eigenvalue weighted by Crippen LogP contribution is 2.32. The minimum absolute atomic E-state index is 0.312. The first-order valence-corrected chi connectivity index (χ1v) is 6.79. The van der Waals surface area contributed by atoms with Gasteiger partial charge >= 0.3 is 0 Å². The Bertz CT molecular complexity index is 597. The molecule has 0 aliphatic rings. The lowest BCUT2D eigenvalue weighted by molar-refractivity contribution is 0.817. The van der Waals surface area contributed by atoms with E-state index in [2.05, 4.69) is 29.1 Å². The van der Waals surface area contributed by atoms with Gasteiger partial charge in [-0.1, -0.05) is 43.1 Å². The van der Waals surface area contributed by atoms with Crippen molar-refractivity contribution in [1.82, 2.24) is 9.97 Å². The molecule has 100 valence electrons. The third-order valence-corrected chi connectivity index (χ3v) is 3.61. The predicted molar refractivity (Wildman–Crippen MR) is 81.1 cm³/mol. The molecule has 0 unspecified atom stereocenters. The molecular weight excluding hydrogens is 281 g/mol. The molecule has 0 spiro atoms. The van der Waals surface area contributed by atoms with E-state index >= 15 is 0 Å². The molecule has 1 heterocycles. The molecule has 1 N–H and O–H groups in total. The Hall–Kier alpha value is -1.32. The van der Waals surface area contributed by atoms with Crippen molar-refractivity contribution in [1.29, 1.82) is 0 Å². The Morgan fingerprint density at radius 3 is 2.53 bits per heavy atom. The van der Waals surface area contributed by atoms with Crippen LogP contribution in [0.3, 0.4) is 0 Å². The maximum Gasteiger partial charge on any atom is 0.163 e.